The molecule has 5 nitrogen and oxygen atoms in total. The summed E-state index contributed by atoms with van der Waals surface area (Å²) in [7, 11) is 1.31. The van der Waals surface area contributed by atoms with Gasteiger partial charge in [-0.15, -0.1) is 11.3 Å². The normalized spacial score (nSPS) is 11.0. The minimum atomic E-state index is -0.464. The second-order valence-corrected chi connectivity index (χ2v) is 7.57. The number of hydrogen-bond donors (Lipinski definition) is 0. The number of ether oxygens (including phenoxy) is 1. The molecule has 0 atom stereocenters. The maximum Gasteiger partial charge on any atom is 0.325 e. The van der Waals surface area contributed by atoms with Crippen LogP contribution in [-0.2, 0) is 21.8 Å². The van der Waals surface area contributed by atoms with Crippen molar-refractivity contribution in [3.8, 4) is 0 Å². The van der Waals surface area contributed by atoms with E-state index in [1.165, 1.54) is 51.5 Å². The number of rotatable bonds is 5. The Bertz CT molecular complexity index is 992. The van der Waals surface area contributed by atoms with Crippen LogP contribution >= 0.6 is 23.1 Å². The lowest BCUT2D eigenvalue weighted by Crippen LogP contribution is -2.27. The van der Waals surface area contributed by atoms with Gasteiger partial charge in [-0.1, -0.05) is 35.5 Å². The number of fused-ring (bicyclic) bond motifs is 1. The number of esters is 1. The molecule has 130 valence electrons. The fraction of sp³-hybridized carbons (Fsp3) is 0.278. The highest BCUT2D eigenvalue weighted by Gasteiger charge is 2.16. The summed E-state index contributed by atoms with van der Waals surface area (Å²) in [4.78, 5) is 29.0. The first kappa shape index (κ1) is 17.7. The lowest BCUT2D eigenvalue weighted by Gasteiger charge is -2.12. The molecule has 0 radical (unpaired) electrons. The molecule has 2 heterocycles. The van der Waals surface area contributed by atoms with E-state index in [-0.39, 0.29) is 12.1 Å². The average Bonchev–Trinajstić information content (AvgIpc) is 3.07. The van der Waals surface area contributed by atoms with Crippen LogP contribution in [0.15, 0.2) is 39.6 Å². The zero-order chi connectivity index (χ0) is 18.0. The summed E-state index contributed by atoms with van der Waals surface area (Å²) in [6, 6.07) is 8.12. The van der Waals surface area contributed by atoms with Gasteiger partial charge < -0.3 is 4.74 Å². The van der Waals surface area contributed by atoms with Crippen molar-refractivity contribution in [3.05, 3.63) is 56.7 Å². The van der Waals surface area contributed by atoms with Crippen LogP contribution in [0.5, 0.6) is 0 Å². The Morgan fingerprint density at radius 3 is 2.88 bits per heavy atom. The number of hydrogen-bond acceptors (Lipinski definition) is 6. The van der Waals surface area contributed by atoms with Crippen molar-refractivity contribution in [3.63, 3.8) is 0 Å². The average molecular weight is 374 g/mol. The number of aromatic nitrogens is 2. The zero-order valence-corrected chi connectivity index (χ0v) is 15.9. The Balaban J connectivity index is 1.98. The van der Waals surface area contributed by atoms with Crippen molar-refractivity contribution >= 4 is 39.3 Å². The molecule has 0 N–H and O–H groups in total. The van der Waals surface area contributed by atoms with E-state index in [9.17, 15) is 9.59 Å². The standard InChI is InChI=1S/C18H18N2O3S2/c1-11-4-5-12(2)13(8-11)10-25-18-19-14-6-7-24-16(14)17(22)20(18)9-15(21)23-3/h4-8H,9-10H2,1-3H3. The molecule has 0 spiro atoms. The molecule has 1 aromatic carbocycles. The molecule has 0 saturated heterocycles. The zero-order valence-electron chi connectivity index (χ0n) is 14.2. The third-order valence-corrected chi connectivity index (χ3v) is 5.82. The minimum Gasteiger partial charge on any atom is -0.468 e. The van der Waals surface area contributed by atoms with Crippen LogP contribution in [0, 0.1) is 13.8 Å². The van der Waals surface area contributed by atoms with Crippen LogP contribution in [0.4, 0.5) is 0 Å². The first-order chi connectivity index (χ1) is 12.0. The van der Waals surface area contributed by atoms with E-state index in [1.807, 2.05) is 11.4 Å². The van der Waals surface area contributed by atoms with Crippen LogP contribution < -0.4 is 5.56 Å². The van der Waals surface area contributed by atoms with Gasteiger partial charge in [0.15, 0.2) is 5.16 Å². The summed E-state index contributed by atoms with van der Waals surface area (Å²) in [6.45, 7) is 3.98. The van der Waals surface area contributed by atoms with Crippen molar-refractivity contribution in [1.82, 2.24) is 9.55 Å². The minimum absolute atomic E-state index is 0.134. The summed E-state index contributed by atoms with van der Waals surface area (Å²) < 4.78 is 6.68. The Kier molecular flexibility index (Phi) is 5.24. The number of methoxy groups -OCH3 is 1. The third-order valence-electron chi connectivity index (χ3n) is 3.91. The van der Waals surface area contributed by atoms with Gasteiger partial charge in [-0.3, -0.25) is 14.2 Å². The van der Waals surface area contributed by atoms with Crippen LogP contribution in [0.1, 0.15) is 16.7 Å². The van der Waals surface area contributed by atoms with Gasteiger partial charge in [-0.2, -0.15) is 0 Å². The molecule has 0 amide bonds. The van der Waals surface area contributed by atoms with Crippen LogP contribution in [0.3, 0.4) is 0 Å². The van der Waals surface area contributed by atoms with Crippen molar-refractivity contribution in [2.45, 2.75) is 31.3 Å². The van der Waals surface area contributed by atoms with E-state index >= 15 is 0 Å². The largest absolute Gasteiger partial charge is 0.468 e. The van der Waals surface area contributed by atoms with E-state index < -0.39 is 5.97 Å². The van der Waals surface area contributed by atoms with E-state index in [1.54, 1.807) is 0 Å². The quantitative estimate of drug-likeness (QED) is 0.388. The van der Waals surface area contributed by atoms with Gasteiger partial charge in [-0.05, 0) is 36.4 Å². The fourth-order valence-corrected chi connectivity index (χ4v) is 4.31. The molecule has 7 heteroatoms. The molecular weight excluding hydrogens is 356 g/mol. The van der Waals surface area contributed by atoms with E-state index in [0.29, 0.717) is 21.1 Å². The molecular formula is C18H18N2O3S2. The first-order valence-corrected chi connectivity index (χ1v) is 9.60. The highest BCUT2D eigenvalue weighted by molar-refractivity contribution is 7.98. The molecule has 0 fully saturated rings. The molecule has 0 aliphatic heterocycles. The van der Waals surface area contributed by atoms with Crippen LogP contribution in [0.2, 0.25) is 0 Å². The van der Waals surface area contributed by atoms with Crippen molar-refractivity contribution in [1.29, 1.82) is 0 Å². The van der Waals surface area contributed by atoms with Crippen molar-refractivity contribution in [2.75, 3.05) is 7.11 Å². The van der Waals surface area contributed by atoms with E-state index in [2.05, 4.69) is 37.0 Å². The molecule has 0 unspecified atom stereocenters. The molecule has 25 heavy (non-hydrogen) atoms. The molecule has 0 aliphatic rings. The van der Waals surface area contributed by atoms with Gasteiger partial charge in [0.25, 0.3) is 5.56 Å². The highest BCUT2D eigenvalue weighted by atomic mass is 32.2. The van der Waals surface area contributed by atoms with Gasteiger partial charge in [0.2, 0.25) is 0 Å². The lowest BCUT2D eigenvalue weighted by molar-refractivity contribution is -0.141. The number of thiophene rings is 1. The molecule has 0 aliphatic carbocycles. The van der Waals surface area contributed by atoms with Crippen LogP contribution in [-0.4, -0.2) is 22.6 Å². The predicted octanol–water partition coefficient (Wildman–Crippen LogP) is 3.54. The molecule has 0 bridgehead atoms. The summed E-state index contributed by atoms with van der Waals surface area (Å²) >= 11 is 2.79. The number of nitrogens with zero attached hydrogens (tertiary/aromatic N) is 2. The van der Waals surface area contributed by atoms with Gasteiger partial charge in [-0.25, -0.2) is 4.98 Å². The second-order valence-electron chi connectivity index (χ2n) is 5.72. The molecule has 2 aromatic heterocycles. The number of thioether (sulfide) groups is 1. The van der Waals surface area contributed by atoms with Crippen molar-refractivity contribution < 1.29 is 9.53 Å². The van der Waals surface area contributed by atoms with Gasteiger partial charge in [0.1, 0.15) is 11.2 Å². The second kappa shape index (κ2) is 7.41. The highest BCUT2D eigenvalue weighted by Crippen LogP contribution is 2.25. The summed E-state index contributed by atoms with van der Waals surface area (Å²) in [5, 5.41) is 2.36. The maximum atomic E-state index is 12.7. The Morgan fingerprint density at radius 1 is 1.32 bits per heavy atom. The smallest absolute Gasteiger partial charge is 0.325 e. The predicted molar refractivity (Wildman–Crippen MR) is 101 cm³/mol. The topological polar surface area (TPSA) is 61.2 Å². The number of carbonyl (C=O) groups excluding carboxylic acids is 1. The van der Waals surface area contributed by atoms with Gasteiger partial charge >= 0.3 is 5.97 Å². The Hall–Kier alpha value is -2.12. The van der Waals surface area contributed by atoms with Gasteiger partial charge in [0, 0.05) is 5.75 Å². The SMILES string of the molecule is COC(=O)Cn1c(SCc2cc(C)ccc2C)nc2ccsc2c1=O. The number of benzene rings is 1. The van der Waals surface area contributed by atoms with Crippen molar-refractivity contribution in [2.24, 2.45) is 0 Å². The third kappa shape index (κ3) is 3.77. The van der Waals surface area contributed by atoms with E-state index in [4.69, 9.17) is 4.74 Å². The molecule has 3 aromatic rings. The summed E-state index contributed by atoms with van der Waals surface area (Å²) in [6.07, 6.45) is 0. The molecule has 0 saturated carbocycles. The van der Waals surface area contributed by atoms with Crippen LogP contribution in [0.25, 0.3) is 10.2 Å². The first-order valence-electron chi connectivity index (χ1n) is 7.73. The molecule has 3 rings (SSSR count). The number of carbonyl (C=O) groups is 1. The van der Waals surface area contributed by atoms with Gasteiger partial charge in [0.05, 0.1) is 12.6 Å². The Labute approximate surface area is 153 Å². The monoisotopic (exact) mass is 374 g/mol. The Morgan fingerprint density at radius 2 is 2.12 bits per heavy atom. The van der Waals surface area contributed by atoms with E-state index in [0.717, 1.165) is 0 Å². The fourth-order valence-electron chi connectivity index (χ4n) is 2.46. The number of aryl methyl sites for hydroxylation is 2. The summed E-state index contributed by atoms with van der Waals surface area (Å²) in [5.41, 5.74) is 4.04. The lowest BCUT2D eigenvalue weighted by atomic mass is 10.1. The maximum absolute atomic E-state index is 12.7. The summed E-state index contributed by atoms with van der Waals surface area (Å²) in [5.74, 6) is 0.213.